The maximum absolute atomic E-state index is 12.5. The summed E-state index contributed by atoms with van der Waals surface area (Å²) in [5.74, 6) is -3.25. The molecule has 1 rings (SSSR count). The molecule has 0 bridgehead atoms. The molecule has 1 aromatic rings. The van der Waals surface area contributed by atoms with Gasteiger partial charge in [0.2, 0.25) is 0 Å². The summed E-state index contributed by atoms with van der Waals surface area (Å²) < 4.78 is 38.1. The largest absolute Gasteiger partial charge is 0.409 e. The van der Waals surface area contributed by atoms with E-state index >= 15 is 0 Å². The Bertz CT molecular complexity index is 406. The van der Waals surface area contributed by atoms with E-state index in [4.69, 9.17) is 10.9 Å². The molecule has 3 N–H and O–H groups in total. The zero-order valence-corrected chi connectivity index (χ0v) is 10.2. The molecule has 5 nitrogen and oxygen atoms in total. The van der Waals surface area contributed by atoms with E-state index in [1.165, 1.54) is 11.3 Å². The normalized spacial score (nSPS) is 14.9. The van der Waals surface area contributed by atoms with Gasteiger partial charge in [-0.25, -0.2) is 0 Å². The fourth-order valence-corrected chi connectivity index (χ4v) is 2.89. The first-order valence-corrected chi connectivity index (χ1v) is 6.12. The second kappa shape index (κ2) is 5.54. The van der Waals surface area contributed by atoms with Crippen LogP contribution >= 0.6 is 23.1 Å². The van der Waals surface area contributed by atoms with Crippen LogP contribution in [0.2, 0.25) is 0 Å². The summed E-state index contributed by atoms with van der Waals surface area (Å²) in [5, 5.41) is 18.7. The smallest absolute Gasteiger partial charge is 0.399 e. The third kappa shape index (κ3) is 4.04. The molecule has 1 aromatic heterocycles. The molecule has 1 heterocycles. The highest BCUT2D eigenvalue weighted by molar-refractivity contribution is 8.01. The number of thioether (sulfide) groups is 1. The molecular weight excluding hydrogens is 277 g/mol. The molecule has 0 saturated carbocycles. The predicted molar refractivity (Wildman–Crippen MR) is 58.3 cm³/mol. The van der Waals surface area contributed by atoms with E-state index in [0.717, 1.165) is 11.8 Å². The molecule has 0 aliphatic heterocycles. The molecule has 1 atom stereocenters. The SMILES string of the molecule is Cc1nnc(SCC(C(N)=NO)C(F)(F)F)s1. The van der Waals surface area contributed by atoms with Crippen LogP contribution in [0.3, 0.4) is 0 Å². The highest BCUT2D eigenvalue weighted by Crippen LogP contribution is 2.32. The van der Waals surface area contributed by atoms with Crippen LogP contribution in [0.1, 0.15) is 5.01 Å². The molecule has 0 aliphatic rings. The van der Waals surface area contributed by atoms with Crippen molar-refractivity contribution in [2.75, 3.05) is 5.75 Å². The fraction of sp³-hybridized carbons (Fsp3) is 0.571. The number of hydrogen-bond donors (Lipinski definition) is 2. The van der Waals surface area contributed by atoms with Crippen LogP contribution in [0.5, 0.6) is 0 Å². The van der Waals surface area contributed by atoms with E-state index in [1.807, 2.05) is 0 Å². The maximum atomic E-state index is 12.5. The van der Waals surface area contributed by atoms with Crippen molar-refractivity contribution in [1.82, 2.24) is 10.2 Å². The molecule has 0 saturated heterocycles. The van der Waals surface area contributed by atoms with Crippen molar-refractivity contribution in [1.29, 1.82) is 0 Å². The number of nitrogens with two attached hydrogens (primary N) is 1. The van der Waals surface area contributed by atoms with E-state index in [1.54, 1.807) is 6.92 Å². The molecule has 96 valence electrons. The molecule has 0 aromatic carbocycles. The highest BCUT2D eigenvalue weighted by atomic mass is 32.2. The quantitative estimate of drug-likeness (QED) is 0.290. The Morgan fingerprint density at radius 1 is 1.59 bits per heavy atom. The number of hydrogen-bond acceptors (Lipinski definition) is 6. The van der Waals surface area contributed by atoms with Gasteiger partial charge in [0.05, 0.1) is 0 Å². The van der Waals surface area contributed by atoms with Crippen molar-refractivity contribution in [2.45, 2.75) is 17.4 Å². The Morgan fingerprint density at radius 3 is 2.65 bits per heavy atom. The molecule has 0 spiro atoms. The van der Waals surface area contributed by atoms with Gasteiger partial charge in [-0.15, -0.1) is 10.2 Å². The standard InChI is InChI=1S/C7H9F3N4OS2/c1-3-12-13-6(17-3)16-2-4(5(11)14-15)7(8,9)10/h4,15H,2H2,1H3,(H2,11,14). The Morgan fingerprint density at radius 2 is 2.24 bits per heavy atom. The Hall–Kier alpha value is -1.03. The molecule has 0 amide bonds. The van der Waals surface area contributed by atoms with E-state index in [9.17, 15) is 13.2 Å². The molecule has 0 aliphatic carbocycles. The van der Waals surface area contributed by atoms with E-state index in [-0.39, 0.29) is 0 Å². The van der Waals surface area contributed by atoms with Gasteiger partial charge in [-0.3, -0.25) is 0 Å². The summed E-state index contributed by atoms with van der Waals surface area (Å²) >= 11 is 2.06. The van der Waals surface area contributed by atoms with E-state index in [0.29, 0.717) is 9.35 Å². The monoisotopic (exact) mass is 286 g/mol. The number of aromatic nitrogens is 2. The summed E-state index contributed by atoms with van der Waals surface area (Å²) in [6.45, 7) is 1.70. The maximum Gasteiger partial charge on any atom is 0.399 e. The lowest BCUT2D eigenvalue weighted by atomic mass is 10.1. The number of amidine groups is 1. The minimum atomic E-state index is -4.55. The lowest BCUT2D eigenvalue weighted by Gasteiger charge is -2.17. The van der Waals surface area contributed by atoms with Gasteiger partial charge in [0.1, 0.15) is 10.9 Å². The van der Waals surface area contributed by atoms with Crippen LogP contribution in [-0.4, -0.2) is 33.2 Å². The third-order valence-corrected chi connectivity index (χ3v) is 3.81. The summed E-state index contributed by atoms with van der Waals surface area (Å²) in [5.41, 5.74) is 5.01. The first kappa shape index (κ1) is 14.0. The average Bonchev–Trinajstić information content (AvgIpc) is 2.62. The van der Waals surface area contributed by atoms with Crippen LogP contribution < -0.4 is 5.73 Å². The number of oxime groups is 1. The van der Waals surface area contributed by atoms with Crippen molar-refractivity contribution >= 4 is 28.9 Å². The zero-order chi connectivity index (χ0) is 13.1. The van der Waals surface area contributed by atoms with Gasteiger partial charge < -0.3 is 10.9 Å². The summed E-state index contributed by atoms with van der Waals surface area (Å²) in [6, 6.07) is 0. The van der Waals surface area contributed by atoms with Crippen molar-refractivity contribution in [3.8, 4) is 0 Å². The molecular formula is C7H9F3N4OS2. The van der Waals surface area contributed by atoms with Gasteiger partial charge in [0, 0.05) is 5.75 Å². The van der Waals surface area contributed by atoms with Gasteiger partial charge in [0.15, 0.2) is 10.2 Å². The second-order valence-corrected chi connectivity index (χ2v) is 5.47. The van der Waals surface area contributed by atoms with Gasteiger partial charge in [-0.1, -0.05) is 28.3 Å². The van der Waals surface area contributed by atoms with Crippen LogP contribution in [-0.2, 0) is 0 Å². The molecule has 10 heteroatoms. The van der Waals surface area contributed by atoms with Crippen LogP contribution in [0.25, 0.3) is 0 Å². The lowest BCUT2D eigenvalue weighted by Crippen LogP contribution is -2.37. The van der Waals surface area contributed by atoms with Crippen LogP contribution in [0.15, 0.2) is 9.50 Å². The van der Waals surface area contributed by atoms with Crippen molar-refractivity contribution in [2.24, 2.45) is 16.8 Å². The van der Waals surface area contributed by atoms with Gasteiger partial charge >= 0.3 is 6.18 Å². The first-order valence-electron chi connectivity index (χ1n) is 4.31. The number of halogens is 3. The predicted octanol–water partition coefficient (Wildman–Crippen LogP) is 1.86. The number of nitrogens with zero attached hydrogens (tertiary/aromatic N) is 3. The zero-order valence-electron chi connectivity index (χ0n) is 8.60. The van der Waals surface area contributed by atoms with Gasteiger partial charge in [-0.2, -0.15) is 13.2 Å². The van der Waals surface area contributed by atoms with E-state index < -0.39 is 23.7 Å². The third-order valence-electron chi connectivity index (χ3n) is 1.75. The highest BCUT2D eigenvalue weighted by Gasteiger charge is 2.42. The Balaban J connectivity index is 2.68. The molecule has 17 heavy (non-hydrogen) atoms. The summed E-state index contributed by atoms with van der Waals surface area (Å²) in [7, 11) is 0. The van der Waals surface area contributed by atoms with Gasteiger partial charge in [-0.05, 0) is 6.92 Å². The molecule has 0 fully saturated rings. The number of aryl methyl sites for hydroxylation is 1. The minimum absolute atomic E-state index is 0.395. The van der Waals surface area contributed by atoms with E-state index in [2.05, 4.69) is 15.4 Å². The average molecular weight is 286 g/mol. The fourth-order valence-electron chi connectivity index (χ4n) is 0.909. The molecule has 0 radical (unpaired) electrons. The Labute approximate surface area is 103 Å². The van der Waals surface area contributed by atoms with Gasteiger partial charge in [0.25, 0.3) is 0 Å². The van der Waals surface area contributed by atoms with Crippen molar-refractivity contribution in [3.05, 3.63) is 5.01 Å². The van der Waals surface area contributed by atoms with Crippen LogP contribution in [0, 0.1) is 12.8 Å². The summed E-state index contributed by atoms with van der Waals surface area (Å²) in [4.78, 5) is 0. The number of alkyl halides is 3. The Kier molecular flexibility index (Phi) is 4.57. The second-order valence-electron chi connectivity index (χ2n) is 3.02. The first-order chi connectivity index (χ1) is 7.84. The van der Waals surface area contributed by atoms with Crippen LogP contribution in [0.4, 0.5) is 13.2 Å². The van der Waals surface area contributed by atoms with Crippen molar-refractivity contribution < 1.29 is 18.4 Å². The van der Waals surface area contributed by atoms with Crippen molar-refractivity contribution in [3.63, 3.8) is 0 Å². The molecule has 1 unspecified atom stereocenters. The number of rotatable bonds is 4. The lowest BCUT2D eigenvalue weighted by molar-refractivity contribution is -0.150. The minimum Gasteiger partial charge on any atom is -0.409 e. The summed E-state index contributed by atoms with van der Waals surface area (Å²) in [6.07, 6.45) is -4.55. The topological polar surface area (TPSA) is 84.4 Å².